The second kappa shape index (κ2) is 5.88. The lowest BCUT2D eigenvalue weighted by molar-refractivity contribution is 0.442. The van der Waals surface area contributed by atoms with Gasteiger partial charge < -0.3 is 5.43 Å². The maximum atomic E-state index is 4.40. The van der Waals surface area contributed by atoms with Crippen molar-refractivity contribution in [2.45, 2.75) is 53.0 Å². The molecule has 2 heteroatoms. The summed E-state index contributed by atoms with van der Waals surface area (Å²) in [6.45, 7) is 12.9. The molecule has 1 aliphatic carbocycles. The van der Waals surface area contributed by atoms with Gasteiger partial charge >= 0.3 is 0 Å². The van der Waals surface area contributed by atoms with Gasteiger partial charge in [-0.25, -0.2) is 0 Å². The lowest BCUT2D eigenvalue weighted by Crippen LogP contribution is -2.31. The summed E-state index contributed by atoms with van der Waals surface area (Å²) < 4.78 is 0. The second-order valence-corrected chi connectivity index (χ2v) is 6.88. The Morgan fingerprint density at radius 1 is 1.10 bits per heavy atom. The monoisotopic (exact) mass is 282 g/mol. The van der Waals surface area contributed by atoms with Crippen LogP contribution in [-0.2, 0) is 0 Å². The zero-order valence-corrected chi connectivity index (χ0v) is 14.0. The number of nitrogens with zero attached hydrogens (tertiary/aromatic N) is 1. The van der Waals surface area contributed by atoms with Crippen LogP contribution in [0.3, 0.4) is 0 Å². The number of hydrogen-bond donors (Lipinski definition) is 1. The molecule has 0 amide bonds. The highest BCUT2D eigenvalue weighted by Gasteiger charge is 2.21. The van der Waals surface area contributed by atoms with Crippen molar-refractivity contribution in [2.24, 2.45) is 5.10 Å². The normalized spacial score (nSPS) is 19.3. The molecule has 0 heterocycles. The Labute approximate surface area is 128 Å². The van der Waals surface area contributed by atoms with Crippen LogP contribution in [0.25, 0.3) is 0 Å². The highest BCUT2D eigenvalue weighted by atomic mass is 15.3. The van der Waals surface area contributed by atoms with Crippen LogP contribution in [0.4, 0.5) is 0 Å². The number of hydrogen-bond acceptors (Lipinski definition) is 2. The fourth-order valence-electron chi connectivity index (χ4n) is 2.57. The Morgan fingerprint density at radius 2 is 1.76 bits per heavy atom. The molecule has 1 aromatic rings. The quantitative estimate of drug-likeness (QED) is 0.625. The van der Waals surface area contributed by atoms with Gasteiger partial charge in [-0.05, 0) is 58.2 Å². The van der Waals surface area contributed by atoms with Crippen molar-refractivity contribution in [3.8, 4) is 0 Å². The van der Waals surface area contributed by atoms with E-state index in [0.29, 0.717) is 5.92 Å². The van der Waals surface area contributed by atoms with Gasteiger partial charge in [0.25, 0.3) is 0 Å². The van der Waals surface area contributed by atoms with Crippen molar-refractivity contribution in [3.63, 3.8) is 0 Å². The first kappa shape index (κ1) is 15.6. The van der Waals surface area contributed by atoms with E-state index in [-0.39, 0.29) is 5.54 Å². The zero-order valence-electron chi connectivity index (χ0n) is 14.0. The highest BCUT2D eigenvalue weighted by Crippen LogP contribution is 2.38. The van der Waals surface area contributed by atoms with E-state index >= 15 is 0 Å². The summed E-state index contributed by atoms with van der Waals surface area (Å²) in [5, 5.41) is 4.40. The molecule has 1 aliphatic rings. The Kier molecular flexibility index (Phi) is 4.36. The predicted molar refractivity (Wildman–Crippen MR) is 91.8 cm³/mol. The van der Waals surface area contributed by atoms with E-state index in [0.717, 1.165) is 0 Å². The first-order valence-electron chi connectivity index (χ1n) is 7.55. The molecule has 0 bridgehead atoms. The van der Waals surface area contributed by atoms with Gasteiger partial charge in [0.2, 0.25) is 0 Å². The molecule has 0 saturated heterocycles. The summed E-state index contributed by atoms with van der Waals surface area (Å²) in [5.41, 5.74) is 9.89. The molecular formula is C19H26N2. The van der Waals surface area contributed by atoms with Gasteiger partial charge in [-0.2, -0.15) is 5.10 Å². The molecule has 1 atom stereocenters. The third-order valence-corrected chi connectivity index (χ3v) is 4.00. The summed E-state index contributed by atoms with van der Waals surface area (Å²) in [6, 6.07) is 8.51. The van der Waals surface area contributed by atoms with Crippen molar-refractivity contribution in [1.82, 2.24) is 5.43 Å². The number of rotatable bonds is 3. The number of benzene rings is 1. The van der Waals surface area contributed by atoms with Gasteiger partial charge in [0.1, 0.15) is 0 Å². The molecule has 0 radical (unpaired) electrons. The van der Waals surface area contributed by atoms with Gasteiger partial charge in [0, 0.05) is 11.5 Å². The standard InChI is InChI=1S/C19H26N2/c1-13-11-18(15(3)14(13)2)17-10-8-7-9-16(17)12-20-21-19(4,5)6/h7-12,18,21H,1-6H3. The minimum absolute atomic E-state index is 0.0122. The molecule has 112 valence electrons. The van der Waals surface area contributed by atoms with E-state index in [1.165, 1.54) is 27.8 Å². The molecule has 1 N–H and O–H groups in total. The lowest BCUT2D eigenvalue weighted by Gasteiger charge is -2.18. The van der Waals surface area contributed by atoms with E-state index in [1.54, 1.807) is 0 Å². The molecule has 1 aromatic carbocycles. The van der Waals surface area contributed by atoms with E-state index in [9.17, 15) is 0 Å². The van der Waals surface area contributed by atoms with Gasteiger partial charge in [-0.1, -0.05) is 41.5 Å². The van der Waals surface area contributed by atoms with E-state index < -0.39 is 0 Å². The first-order chi connectivity index (χ1) is 9.79. The van der Waals surface area contributed by atoms with Crippen LogP contribution in [0.2, 0.25) is 0 Å². The van der Waals surface area contributed by atoms with Crippen LogP contribution >= 0.6 is 0 Å². The molecule has 1 unspecified atom stereocenters. The Morgan fingerprint density at radius 3 is 2.33 bits per heavy atom. The second-order valence-electron chi connectivity index (χ2n) is 6.88. The van der Waals surface area contributed by atoms with Crippen molar-refractivity contribution >= 4 is 6.21 Å². The largest absolute Gasteiger partial charge is 0.305 e. The molecule has 0 fully saturated rings. The summed E-state index contributed by atoms with van der Waals surface area (Å²) in [7, 11) is 0. The van der Waals surface area contributed by atoms with Crippen molar-refractivity contribution in [3.05, 3.63) is 58.2 Å². The third kappa shape index (κ3) is 3.63. The fourth-order valence-corrected chi connectivity index (χ4v) is 2.57. The molecular weight excluding hydrogens is 256 g/mol. The van der Waals surface area contributed by atoms with E-state index in [1.807, 2.05) is 6.21 Å². The summed E-state index contributed by atoms with van der Waals surface area (Å²) in [6.07, 6.45) is 4.29. The summed E-state index contributed by atoms with van der Waals surface area (Å²) in [5.74, 6) is 0.377. The SMILES string of the molecule is CC1=CC(c2ccccc2C=NNC(C)(C)C)C(C)=C1C. The summed E-state index contributed by atoms with van der Waals surface area (Å²) in [4.78, 5) is 0. The highest BCUT2D eigenvalue weighted by molar-refractivity contribution is 5.82. The summed E-state index contributed by atoms with van der Waals surface area (Å²) >= 11 is 0. The predicted octanol–water partition coefficient (Wildman–Crippen LogP) is 4.79. The average Bonchev–Trinajstić information content (AvgIpc) is 2.66. The molecule has 0 aromatic heterocycles. The van der Waals surface area contributed by atoms with Gasteiger partial charge in [-0.3, -0.25) is 0 Å². The Hall–Kier alpha value is -1.83. The topological polar surface area (TPSA) is 24.4 Å². The Bertz CT molecular complexity index is 613. The van der Waals surface area contributed by atoms with Crippen LogP contribution in [0.1, 0.15) is 58.6 Å². The molecule has 0 aliphatic heterocycles. The number of hydrazone groups is 1. The van der Waals surface area contributed by atoms with Crippen LogP contribution in [0.5, 0.6) is 0 Å². The minimum Gasteiger partial charge on any atom is -0.305 e. The van der Waals surface area contributed by atoms with E-state index in [4.69, 9.17) is 0 Å². The minimum atomic E-state index is -0.0122. The maximum absolute atomic E-state index is 4.40. The van der Waals surface area contributed by atoms with Gasteiger partial charge in [0.15, 0.2) is 0 Å². The van der Waals surface area contributed by atoms with Crippen LogP contribution < -0.4 is 5.43 Å². The molecule has 2 rings (SSSR count). The number of allylic oxidation sites excluding steroid dienone is 4. The number of nitrogens with one attached hydrogen (secondary N) is 1. The zero-order chi connectivity index (χ0) is 15.6. The van der Waals surface area contributed by atoms with Crippen molar-refractivity contribution in [2.75, 3.05) is 0 Å². The fraction of sp³-hybridized carbons (Fsp3) is 0.421. The molecule has 0 spiro atoms. The maximum Gasteiger partial charge on any atom is 0.0543 e. The van der Waals surface area contributed by atoms with E-state index in [2.05, 4.69) is 82.4 Å². The molecule has 2 nitrogen and oxygen atoms in total. The Balaban J connectivity index is 2.31. The van der Waals surface area contributed by atoms with Crippen LogP contribution in [-0.4, -0.2) is 11.8 Å². The third-order valence-electron chi connectivity index (χ3n) is 4.00. The first-order valence-corrected chi connectivity index (χ1v) is 7.55. The van der Waals surface area contributed by atoms with Crippen LogP contribution in [0.15, 0.2) is 52.2 Å². The van der Waals surface area contributed by atoms with Gasteiger partial charge in [-0.15, -0.1) is 0 Å². The molecule has 0 saturated carbocycles. The lowest BCUT2D eigenvalue weighted by atomic mass is 9.90. The smallest absolute Gasteiger partial charge is 0.0543 e. The average molecular weight is 282 g/mol. The van der Waals surface area contributed by atoms with Crippen molar-refractivity contribution in [1.29, 1.82) is 0 Å². The van der Waals surface area contributed by atoms with Gasteiger partial charge in [0.05, 0.1) is 6.21 Å². The van der Waals surface area contributed by atoms with Crippen LogP contribution in [0, 0.1) is 0 Å². The molecule has 21 heavy (non-hydrogen) atoms. The van der Waals surface area contributed by atoms with Crippen molar-refractivity contribution < 1.29 is 0 Å².